The first-order valence-corrected chi connectivity index (χ1v) is 3.14. The van der Waals surface area contributed by atoms with Crippen molar-refractivity contribution in [2.24, 2.45) is 0 Å². The lowest BCUT2D eigenvalue weighted by Gasteiger charge is -2.15. The largest absolute Gasteiger partial charge is 0.424 e. The standard InChI is InChI=1S/C6F10/c7-1(2(8)4(9)10)3(5(11,12)13)6(14,15)16. The summed E-state index contributed by atoms with van der Waals surface area (Å²) in [4.78, 5) is 0. The summed E-state index contributed by atoms with van der Waals surface area (Å²) in [6, 6.07) is 0. The molecule has 16 heavy (non-hydrogen) atoms. The third-order valence-corrected chi connectivity index (χ3v) is 1.15. The predicted molar refractivity (Wildman–Crippen MR) is 30.6 cm³/mol. The van der Waals surface area contributed by atoms with Crippen molar-refractivity contribution in [1.29, 1.82) is 0 Å². The number of halogens is 10. The molecule has 0 aromatic rings. The molecule has 0 N–H and O–H groups in total. The van der Waals surface area contributed by atoms with Crippen molar-refractivity contribution in [2.45, 2.75) is 12.4 Å². The van der Waals surface area contributed by atoms with Crippen LogP contribution < -0.4 is 0 Å². The number of hydrogen-bond donors (Lipinski definition) is 0. The molecule has 0 fully saturated rings. The molecule has 10 heteroatoms. The normalized spacial score (nSPS) is 12.4. The smallest absolute Gasteiger partial charge is 0.203 e. The average molecular weight is 262 g/mol. The zero-order valence-corrected chi connectivity index (χ0v) is 6.78. The van der Waals surface area contributed by atoms with Gasteiger partial charge < -0.3 is 0 Å². The Morgan fingerprint density at radius 3 is 1.06 bits per heavy atom. The van der Waals surface area contributed by atoms with Gasteiger partial charge in [0, 0.05) is 0 Å². The van der Waals surface area contributed by atoms with Crippen LogP contribution in [-0.4, -0.2) is 12.4 Å². The first-order chi connectivity index (χ1) is 6.89. The SMILES string of the molecule is FC(F)=C(F)C(F)=C(C(F)(F)F)C(F)(F)F. The third kappa shape index (κ3) is 3.42. The number of allylic oxidation sites excluding steroid dienone is 3. The van der Waals surface area contributed by atoms with Crippen LogP contribution in [-0.2, 0) is 0 Å². The molecule has 0 aromatic carbocycles. The van der Waals surface area contributed by atoms with E-state index < -0.39 is 35.7 Å². The van der Waals surface area contributed by atoms with Crippen molar-refractivity contribution in [3.8, 4) is 0 Å². The molecule has 0 bridgehead atoms. The molecule has 0 nitrogen and oxygen atoms in total. The van der Waals surface area contributed by atoms with Gasteiger partial charge in [0.05, 0.1) is 0 Å². The first kappa shape index (κ1) is 14.8. The quantitative estimate of drug-likeness (QED) is 0.485. The van der Waals surface area contributed by atoms with Gasteiger partial charge in [-0.1, -0.05) is 0 Å². The second-order valence-electron chi connectivity index (χ2n) is 2.26. The topological polar surface area (TPSA) is 0 Å². The second-order valence-corrected chi connectivity index (χ2v) is 2.26. The van der Waals surface area contributed by atoms with Gasteiger partial charge in [-0.05, 0) is 0 Å². The van der Waals surface area contributed by atoms with E-state index in [1.807, 2.05) is 0 Å². The van der Waals surface area contributed by atoms with Crippen LogP contribution in [0.25, 0.3) is 0 Å². The molecule has 0 atom stereocenters. The summed E-state index contributed by atoms with van der Waals surface area (Å²) in [5.41, 5.74) is -3.95. The van der Waals surface area contributed by atoms with E-state index in [2.05, 4.69) is 0 Å². The van der Waals surface area contributed by atoms with Crippen molar-refractivity contribution < 1.29 is 43.9 Å². The minimum atomic E-state index is -6.34. The lowest BCUT2D eigenvalue weighted by Crippen LogP contribution is -2.27. The van der Waals surface area contributed by atoms with E-state index >= 15 is 0 Å². The second kappa shape index (κ2) is 4.34. The van der Waals surface area contributed by atoms with Gasteiger partial charge in [-0.2, -0.15) is 39.5 Å². The average Bonchev–Trinajstić information content (AvgIpc) is 1.96. The zero-order valence-electron chi connectivity index (χ0n) is 6.78. The Balaban J connectivity index is 5.90. The van der Waals surface area contributed by atoms with Gasteiger partial charge >= 0.3 is 18.4 Å². The highest BCUT2D eigenvalue weighted by molar-refractivity contribution is 5.31. The molecule has 0 aliphatic heterocycles. The summed E-state index contributed by atoms with van der Waals surface area (Å²) < 4.78 is 117. The van der Waals surface area contributed by atoms with Gasteiger partial charge in [0.15, 0.2) is 11.4 Å². The third-order valence-electron chi connectivity index (χ3n) is 1.15. The highest BCUT2D eigenvalue weighted by Gasteiger charge is 2.54. The van der Waals surface area contributed by atoms with E-state index in [1.54, 1.807) is 0 Å². The Hall–Kier alpha value is -1.22. The fraction of sp³-hybridized carbons (Fsp3) is 0.333. The molecule has 0 aromatic heterocycles. The molecule has 0 radical (unpaired) electrons. The van der Waals surface area contributed by atoms with E-state index in [0.717, 1.165) is 0 Å². The van der Waals surface area contributed by atoms with E-state index in [0.29, 0.717) is 0 Å². The molecule has 0 rings (SSSR count). The van der Waals surface area contributed by atoms with Crippen molar-refractivity contribution in [2.75, 3.05) is 0 Å². The maximum atomic E-state index is 12.2. The van der Waals surface area contributed by atoms with E-state index in [-0.39, 0.29) is 0 Å². The Kier molecular flexibility index (Phi) is 4.01. The molecular formula is C6F10. The molecule has 94 valence electrons. The van der Waals surface area contributed by atoms with Gasteiger partial charge in [0.2, 0.25) is 5.83 Å². The van der Waals surface area contributed by atoms with Gasteiger partial charge in [0.25, 0.3) is 0 Å². The lowest BCUT2D eigenvalue weighted by atomic mass is 10.2. The minimum absolute atomic E-state index is 3.50. The van der Waals surface area contributed by atoms with E-state index in [1.165, 1.54) is 0 Å². The van der Waals surface area contributed by atoms with Crippen molar-refractivity contribution in [3.05, 3.63) is 23.3 Å². The van der Waals surface area contributed by atoms with Crippen LogP contribution in [0, 0.1) is 0 Å². The Bertz CT molecular complexity index is 306. The summed E-state index contributed by atoms with van der Waals surface area (Å²) in [6.45, 7) is 0. The molecule has 0 aliphatic rings. The highest BCUT2D eigenvalue weighted by atomic mass is 19.4. The number of rotatable bonds is 1. The summed E-state index contributed by atoms with van der Waals surface area (Å²) in [7, 11) is 0. The predicted octanol–water partition coefficient (Wildman–Crippen LogP) is 4.41. The van der Waals surface area contributed by atoms with Gasteiger partial charge in [-0.3, -0.25) is 0 Å². The highest BCUT2D eigenvalue weighted by Crippen LogP contribution is 2.43. The first-order valence-electron chi connectivity index (χ1n) is 3.14. The molecule has 0 unspecified atom stereocenters. The summed E-state index contributed by atoms with van der Waals surface area (Å²) in [5, 5.41) is 0. The molecule has 0 aliphatic carbocycles. The fourth-order valence-corrected chi connectivity index (χ4v) is 0.602. The maximum Gasteiger partial charge on any atom is 0.424 e. The fourth-order valence-electron chi connectivity index (χ4n) is 0.602. The number of alkyl halides is 6. The van der Waals surface area contributed by atoms with Crippen molar-refractivity contribution >= 4 is 0 Å². The van der Waals surface area contributed by atoms with E-state index in [4.69, 9.17) is 0 Å². The summed E-state index contributed by atoms with van der Waals surface area (Å²) in [5.74, 6) is -7.19. The van der Waals surface area contributed by atoms with Gasteiger partial charge in [-0.15, -0.1) is 0 Å². The van der Waals surface area contributed by atoms with Crippen LogP contribution >= 0.6 is 0 Å². The van der Waals surface area contributed by atoms with Crippen molar-refractivity contribution in [3.63, 3.8) is 0 Å². The maximum absolute atomic E-state index is 12.2. The minimum Gasteiger partial charge on any atom is -0.203 e. The monoisotopic (exact) mass is 262 g/mol. The molecule has 0 heterocycles. The van der Waals surface area contributed by atoms with Crippen LogP contribution in [0.1, 0.15) is 0 Å². The van der Waals surface area contributed by atoms with Crippen LogP contribution in [0.4, 0.5) is 43.9 Å². The van der Waals surface area contributed by atoms with Gasteiger partial charge in [0.1, 0.15) is 0 Å². The molecular weight excluding hydrogens is 262 g/mol. The lowest BCUT2D eigenvalue weighted by molar-refractivity contribution is -0.174. The Morgan fingerprint density at radius 1 is 0.562 bits per heavy atom. The van der Waals surface area contributed by atoms with E-state index in [9.17, 15) is 43.9 Å². The van der Waals surface area contributed by atoms with Crippen LogP contribution in [0.2, 0.25) is 0 Å². The van der Waals surface area contributed by atoms with Gasteiger partial charge in [-0.25, -0.2) is 4.39 Å². The molecule has 0 amide bonds. The van der Waals surface area contributed by atoms with Crippen LogP contribution in [0.5, 0.6) is 0 Å². The number of hydrogen-bond acceptors (Lipinski definition) is 0. The van der Waals surface area contributed by atoms with Crippen molar-refractivity contribution in [1.82, 2.24) is 0 Å². The van der Waals surface area contributed by atoms with Crippen LogP contribution in [0.3, 0.4) is 0 Å². The Labute approximate surface area is 80.8 Å². The van der Waals surface area contributed by atoms with Crippen LogP contribution in [0.15, 0.2) is 23.3 Å². The molecule has 0 spiro atoms. The zero-order chi connectivity index (χ0) is 13.3. The molecule has 0 saturated carbocycles. The molecule has 0 saturated heterocycles. The summed E-state index contributed by atoms with van der Waals surface area (Å²) >= 11 is 0. The summed E-state index contributed by atoms with van der Waals surface area (Å²) in [6.07, 6.45) is -16.3. The Morgan fingerprint density at radius 2 is 0.875 bits per heavy atom.